The lowest BCUT2D eigenvalue weighted by Crippen LogP contribution is -2.34. The van der Waals surface area contributed by atoms with Crippen LogP contribution in [0.15, 0.2) is 54.6 Å². The molecule has 2 aromatic rings. The van der Waals surface area contributed by atoms with Gasteiger partial charge in [0.15, 0.2) is 18.1 Å². The Morgan fingerprint density at radius 1 is 1.07 bits per heavy atom. The average molecular weight is 381 g/mol. The number of fused-ring (bicyclic) bond motifs is 1. The predicted molar refractivity (Wildman–Crippen MR) is 107 cm³/mol. The van der Waals surface area contributed by atoms with Crippen molar-refractivity contribution < 1.29 is 23.8 Å². The summed E-state index contributed by atoms with van der Waals surface area (Å²) >= 11 is 0. The molecule has 0 radical (unpaired) electrons. The number of nitrogens with zero attached hydrogens (tertiary/aromatic N) is 1. The van der Waals surface area contributed by atoms with Crippen molar-refractivity contribution in [2.45, 2.75) is 13.3 Å². The quantitative estimate of drug-likeness (QED) is 0.566. The lowest BCUT2D eigenvalue weighted by atomic mass is 10.2. The molecule has 0 aromatic heterocycles. The first-order valence-corrected chi connectivity index (χ1v) is 9.27. The smallest absolute Gasteiger partial charge is 0.331 e. The topological polar surface area (TPSA) is 65.1 Å². The van der Waals surface area contributed by atoms with E-state index in [1.807, 2.05) is 55.5 Å². The van der Waals surface area contributed by atoms with Crippen LogP contribution in [0.3, 0.4) is 0 Å². The number of carbonyl (C=O) groups is 2. The van der Waals surface area contributed by atoms with Crippen LogP contribution >= 0.6 is 0 Å². The molecule has 2 aromatic carbocycles. The van der Waals surface area contributed by atoms with Crippen LogP contribution in [0.5, 0.6) is 11.5 Å². The fourth-order valence-electron chi connectivity index (χ4n) is 2.82. The van der Waals surface area contributed by atoms with Crippen molar-refractivity contribution in [1.82, 2.24) is 0 Å². The Morgan fingerprint density at radius 2 is 1.82 bits per heavy atom. The standard InChI is InChI=1S/C22H23NO5/c1-2-23(18-7-4-3-5-8-18)21(24)16-28-22(25)12-10-17-9-11-19-20(15-17)27-14-6-13-26-19/h3-5,7-12,15H,2,6,13-14,16H2,1H3/b12-10+. The van der Waals surface area contributed by atoms with Crippen LogP contribution in [0.2, 0.25) is 0 Å². The normalized spacial score (nSPS) is 13.0. The molecular formula is C22H23NO5. The summed E-state index contributed by atoms with van der Waals surface area (Å²) < 4.78 is 16.3. The minimum atomic E-state index is -0.579. The maximum atomic E-state index is 12.3. The zero-order valence-corrected chi connectivity index (χ0v) is 15.8. The average Bonchev–Trinajstić information content (AvgIpc) is 2.97. The minimum absolute atomic E-state index is 0.272. The molecule has 1 aliphatic heterocycles. The first kappa shape index (κ1) is 19.5. The van der Waals surface area contributed by atoms with Gasteiger partial charge < -0.3 is 19.1 Å². The summed E-state index contributed by atoms with van der Waals surface area (Å²) in [6, 6.07) is 14.7. The van der Waals surface area contributed by atoms with Gasteiger partial charge in [-0.1, -0.05) is 24.3 Å². The predicted octanol–water partition coefficient (Wildman–Crippen LogP) is 3.46. The van der Waals surface area contributed by atoms with Gasteiger partial charge in [0, 0.05) is 24.7 Å². The summed E-state index contributed by atoms with van der Waals surface area (Å²) in [6.45, 7) is 3.27. The summed E-state index contributed by atoms with van der Waals surface area (Å²) in [4.78, 5) is 25.9. The van der Waals surface area contributed by atoms with Gasteiger partial charge >= 0.3 is 5.97 Å². The van der Waals surface area contributed by atoms with E-state index in [4.69, 9.17) is 14.2 Å². The van der Waals surface area contributed by atoms with E-state index in [-0.39, 0.29) is 12.5 Å². The molecule has 6 heteroatoms. The van der Waals surface area contributed by atoms with E-state index < -0.39 is 5.97 Å². The Bertz CT molecular complexity index is 847. The first-order chi connectivity index (χ1) is 13.7. The van der Waals surface area contributed by atoms with Gasteiger partial charge in [-0.15, -0.1) is 0 Å². The maximum Gasteiger partial charge on any atom is 0.331 e. The SMILES string of the molecule is CCN(C(=O)COC(=O)/C=C/c1ccc2c(c1)OCCCO2)c1ccccc1. The number of para-hydroxylation sites is 1. The number of rotatable bonds is 6. The molecule has 0 saturated carbocycles. The molecule has 0 spiro atoms. The summed E-state index contributed by atoms with van der Waals surface area (Å²) in [5.74, 6) is 0.503. The van der Waals surface area contributed by atoms with Gasteiger partial charge in [-0.2, -0.15) is 0 Å². The van der Waals surface area contributed by atoms with Gasteiger partial charge in [-0.25, -0.2) is 4.79 Å². The molecule has 0 bridgehead atoms. The van der Waals surface area contributed by atoms with E-state index in [1.54, 1.807) is 11.0 Å². The minimum Gasteiger partial charge on any atom is -0.490 e. The number of likely N-dealkylation sites (N-methyl/N-ethyl adjacent to an activating group) is 1. The van der Waals surface area contributed by atoms with Crippen molar-refractivity contribution in [3.05, 3.63) is 60.2 Å². The highest BCUT2D eigenvalue weighted by atomic mass is 16.5. The van der Waals surface area contributed by atoms with E-state index in [0.717, 1.165) is 17.7 Å². The molecule has 0 atom stereocenters. The van der Waals surface area contributed by atoms with Crippen molar-refractivity contribution in [2.24, 2.45) is 0 Å². The van der Waals surface area contributed by atoms with Crippen molar-refractivity contribution in [2.75, 3.05) is 31.3 Å². The number of carbonyl (C=O) groups excluding carboxylic acids is 2. The third-order valence-corrected chi connectivity index (χ3v) is 4.21. The van der Waals surface area contributed by atoms with Crippen LogP contribution in [0, 0.1) is 0 Å². The maximum absolute atomic E-state index is 12.3. The van der Waals surface area contributed by atoms with Gasteiger partial charge in [0.25, 0.3) is 5.91 Å². The molecule has 1 heterocycles. The molecule has 0 unspecified atom stereocenters. The monoisotopic (exact) mass is 381 g/mol. The Labute approximate surface area is 164 Å². The number of amides is 1. The lowest BCUT2D eigenvalue weighted by molar-refractivity contribution is -0.142. The first-order valence-electron chi connectivity index (χ1n) is 9.27. The van der Waals surface area contributed by atoms with Crippen LogP contribution in [0.25, 0.3) is 6.08 Å². The van der Waals surface area contributed by atoms with Crippen LogP contribution in [0.1, 0.15) is 18.9 Å². The summed E-state index contributed by atoms with van der Waals surface area (Å²) in [5.41, 5.74) is 1.56. The molecule has 146 valence electrons. The number of hydrogen-bond acceptors (Lipinski definition) is 5. The summed E-state index contributed by atoms with van der Waals surface area (Å²) in [7, 11) is 0. The van der Waals surface area contributed by atoms with E-state index in [0.29, 0.717) is 31.3 Å². The van der Waals surface area contributed by atoms with Crippen molar-refractivity contribution in [3.63, 3.8) is 0 Å². The van der Waals surface area contributed by atoms with E-state index in [2.05, 4.69) is 0 Å². The third kappa shape index (κ3) is 5.13. The molecule has 0 N–H and O–H groups in total. The number of benzene rings is 2. The number of esters is 1. The van der Waals surface area contributed by atoms with E-state index >= 15 is 0 Å². The summed E-state index contributed by atoms with van der Waals surface area (Å²) in [5, 5.41) is 0. The fourth-order valence-corrected chi connectivity index (χ4v) is 2.82. The highest BCUT2D eigenvalue weighted by Crippen LogP contribution is 2.30. The van der Waals surface area contributed by atoms with Gasteiger partial charge in [0.05, 0.1) is 13.2 Å². The zero-order valence-electron chi connectivity index (χ0n) is 15.8. The highest BCUT2D eigenvalue weighted by Gasteiger charge is 2.15. The Morgan fingerprint density at radius 3 is 2.57 bits per heavy atom. The highest BCUT2D eigenvalue weighted by molar-refractivity contribution is 5.96. The molecule has 1 amide bonds. The van der Waals surface area contributed by atoms with Gasteiger partial charge in [-0.3, -0.25) is 4.79 Å². The summed E-state index contributed by atoms with van der Waals surface area (Å²) in [6.07, 6.45) is 3.75. The fraction of sp³-hybridized carbons (Fsp3) is 0.273. The number of anilines is 1. The van der Waals surface area contributed by atoms with Gasteiger partial charge in [-0.05, 0) is 42.8 Å². The van der Waals surface area contributed by atoms with Crippen molar-refractivity contribution >= 4 is 23.6 Å². The molecule has 28 heavy (non-hydrogen) atoms. The number of hydrogen-bond donors (Lipinski definition) is 0. The van der Waals surface area contributed by atoms with E-state index in [9.17, 15) is 9.59 Å². The lowest BCUT2D eigenvalue weighted by Gasteiger charge is -2.20. The second-order valence-electron chi connectivity index (χ2n) is 6.17. The molecule has 0 saturated heterocycles. The largest absolute Gasteiger partial charge is 0.490 e. The molecule has 1 aliphatic rings. The second kappa shape index (κ2) is 9.60. The Kier molecular flexibility index (Phi) is 6.68. The van der Waals surface area contributed by atoms with Crippen LogP contribution in [-0.4, -0.2) is 38.2 Å². The Balaban J connectivity index is 1.55. The molecule has 6 nitrogen and oxygen atoms in total. The second-order valence-corrected chi connectivity index (χ2v) is 6.17. The van der Waals surface area contributed by atoms with Crippen molar-refractivity contribution in [3.8, 4) is 11.5 Å². The van der Waals surface area contributed by atoms with Crippen molar-refractivity contribution in [1.29, 1.82) is 0 Å². The zero-order chi connectivity index (χ0) is 19.8. The van der Waals surface area contributed by atoms with Gasteiger partial charge in [0.1, 0.15) is 0 Å². The third-order valence-electron chi connectivity index (χ3n) is 4.21. The van der Waals surface area contributed by atoms with Crippen LogP contribution < -0.4 is 14.4 Å². The molecule has 0 fully saturated rings. The van der Waals surface area contributed by atoms with Crippen LogP contribution in [-0.2, 0) is 14.3 Å². The van der Waals surface area contributed by atoms with Gasteiger partial charge in [0.2, 0.25) is 0 Å². The number of ether oxygens (including phenoxy) is 3. The Hall–Kier alpha value is -3.28. The molecular weight excluding hydrogens is 358 g/mol. The molecule has 3 rings (SSSR count). The van der Waals surface area contributed by atoms with Crippen LogP contribution in [0.4, 0.5) is 5.69 Å². The molecule has 0 aliphatic carbocycles. The van der Waals surface area contributed by atoms with E-state index in [1.165, 1.54) is 6.08 Å².